The summed E-state index contributed by atoms with van der Waals surface area (Å²) in [5, 5.41) is 20.4. The number of amides is 1. The summed E-state index contributed by atoms with van der Waals surface area (Å²) in [5.74, 6) is -1.19. The van der Waals surface area contributed by atoms with E-state index in [9.17, 15) is 14.3 Å². The Morgan fingerprint density at radius 2 is 1.94 bits per heavy atom. The van der Waals surface area contributed by atoms with E-state index in [-0.39, 0.29) is 23.2 Å². The molecule has 176 valence electrons. The molecule has 1 amide bonds. The lowest BCUT2D eigenvalue weighted by atomic mass is 10.2. The maximum absolute atomic E-state index is 14.1. The average Bonchev–Trinajstić information content (AvgIpc) is 2.84. The fraction of sp³-hybridized carbons (Fsp3) is 0.273. The Labute approximate surface area is 195 Å². The highest BCUT2D eigenvalue weighted by molar-refractivity contribution is 5.93. The summed E-state index contributed by atoms with van der Waals surface area (Å²) in [6, 6.07) is 8.23. The lowest BCUT2D eigenvalue weighted by Crippen LogP contribution is -2.37. The van der Waals surface area contributed by atoms with Crippen molar-refractivity contribution in [2.45, 2.75) is 0 Å². The molecule has 0 radical (unpaired) electrons. The second-order valence-electron chi connectivity index (χ2n) is 7.64. The zero-order valence-corrected chi connectivity index (χ0v) is 18.6. The maximum atomic E-state index is 14.1. The van der Waals surface area contributed by atoms with Gasteiger partial charge < -0.3 is 25.0 Å². The SMILES string of the molecule is CN(C)c1cc(O)cc(Nc2ccc(C(=O)/N=N/c3ncc(F)c(N4CCOCC4)n3)nc2)c1. The zero-order chi connectivity index (χ0) is 24.1. The molecule has 2 aromatic heterocycles. The maximum Gasteiger partial charge on any atom is 0.314 e. The van der Waals surface area contributed by atoms with Crippen molar-refractivity contribution in [2.75, 3.05) is 55.5 Å². The van der Waals surface area contributed by atoms with E-state index in [2.05, 4.69) is 30.5 Å². The van der Waals surface area contributed by atoms with Crippen LogP contribution in [-0.4, -0.2) is 66.4 Å². The minimum Gasteiger partial charge on any atom is -0.508 e. The van der Waals surface area contributed by atoms with Gasteiger partial charge in [-0.2, -0.15) is 4.98 Å². The number of ether oxygens (including phenoxy) is 1. The molecule has 0 aliphatic carbocycles. The van der Waals surface area contributed by atoms with Gasteiger partial charge in [-0.15, -0.1) is 10.2 Å². The number of anilines is 4. The molecule has 0 bridgehead atoms. The molecule has 1 saturated heterocycles. The molecule has 0 spiro atoms. The third-order valence-corrected chi connectivity index (χ3v) is 4.94. The number of aromatic hydroxyl groups is 1. The molecule has 1 aromatic carbocycles. The summed E-state index contributed by atoms with van der Waals surface area (Å²) in [5.41, 5.74) is 2.16. The number of hydrogen-bond acceptors (Lipinski definition) is 10. The summed E-state index contributed by atoms with van der Waals surface area (Å²) in [4.78, 5) is 27.9. The van der Waals surface area contributed by atoms with E-state index >= 15 is 0 Å². The predicted molar refractivity (Wildman–Crippen MR) is 124 cm³/mol. The Morgan fingerprint density at radius 1 is 1.15 bits per heavy atom. The number of hydrogen-bond donors (Lipinski definition) is 2. The van der Waals surface area contributed by atoms with E-state index in [1.807, 2.05) is 25.1 Å². The molecule has 0 atom stereocenters. The number of phenolic OH excluding ortho intramolecular Hbond substituents is 1. The standard InChI is InChI=1S/C22H23FN8O3/c1-30(2)16-9-15(10-17(32)11-16)26-14-3-4-19(24-12-14)21(33)28-29-22-25-13-18(23)20(27-22)31-5-7-34-8-6-31/h3-4,9-13,26,32H,5-8H2,1-2H3/b29-28+. The lowest BCUT2D eigenvalue weighted by molar-refractivity contribution is 0.0990. The van der Waals surface area contributed by atoms with Crippen LogP contribution >= 0.6 is 0 Å². The van der Waals surface area contributed by atoms with E-state index in [1.54, 1.807) is 23.1 Å². The van der Waals surface area contributed by atoms with Gasteiger partial charge >= 0.3 is 5.91 Å². The van der Waals surface area contributed by atoms with E-state index in [1.165, 1.54) is 12.3 Å². The number of benzene rings is 1. The van der Waals surface area contributed by atoms with Gasteiger partial charge in [-0.1, -0.05) is 0 Å². The van der Waals surface area contributed by atoms with Crippen molar-refractivity contribution in [3.63, 3.8) is 0 Å². The molecule has 4 rings (SSSR count). The van der Waals surface area contributed by atoms with Crippen LogP contribution in [0, 0.1) is 5.82 Å². The molecule has 2 N–H and O–H groups in total. The first-order chi connectivity index (χ1) is 16.4. The summed E-state index contributed by atoms with van der Waals surface area (Å²) in [7, 11) is 3.74. The molecule has 3 aromatic rings. The Hall–Kier alpha value is -4.19. The molecule has 1 aliphatic heterocycles. The summed E-state index contributed by atoms with van der Waals surface area (Å²) in [6.07, 6.45) is 2.46. The van der Waals surface area contributed by atoms with Crippen molar-refractivity contribution in [1.29, 1.82) is 0 Å². The van der Waals surface area contributed by atoms with E-state index < -0.39 is 11.7 Å². The molecule has 12 heteroatoms. The number of azo groups is 1. The van der Waals surface area contributed by atoms with Crippen molar-refractivity contribution < 1.29 is 19.0 Å². The van der Waals surface area contributed by atoms with Crippen LogP contribution in [0.3, 0.4) is 0 Å². The number of halogens is 1. The van der Waals surface area contributed by atoms with Crippen LogP contribution in [0.2, 0.25) is 0 Å². The first kappa shape index (κ1) is 23.0. The topological polar surface area (TPSA) is 128 Å². The minimum absolute atomic E-state index is 0.0645. The fourth-order valence-electron chi connectivity index (χ4n) is 3.22. The van der Waals surface area contributed by atoms with Gasteiger partial charge in [0.15, 0.2) is 11.6 Å². The van der Waals surface area contributed by atoms with Crippen molar-refractivity contribution in [3.8, 4) is 5.75 Å². The first-order valence-corrected chi connectivity index (χ1v) is 10.4. The van der Waals surface area contributed by atoms with Gasteiger partial charge in [0.2, 0.25) is 0 Å². The van der Waals surface area contributed by atoms with Crippen LogP contribution in [0.4, 0.5) is 33.2 Å². The van der Waals surface area contributed by atoms with Crippen LogP contribution in [0.25, 0.3) is 0 Å². The van der Waals surface area contributed by atoms with Crippen LogP contribution < -0.4 is 15.1 Å². The highest BCUT2D eigenvalue weighted by atomic mass is 19.1. The first-order valence-electron chi connectivity index (χ1n) is 10.4. The van der Waals surface area contributed by atoms with Gasteiger partial charge in [-0.3, -0.25) is 4.79 Å². The summed E-state index contributed by atoms with van der Waals surface area (Å²) < 4.78 is 19.4. The van der Waals surface area contributed by atoms with Gasteiger partial charge in [0, 0.05) is 50.7 Å². The number of rotatable bonds is 6. The molecule has 34 heavy (non-hydrogen) atoms. The molecule has 1 fully saturated rings. The molecular formula is C22H23FN8O3. The molecule has 11 nitrogen and oxygen atoms in total. The van der Waals surface area contributed by atoms with Gasteiger partial charge in [0.05, 0.1) is 31.3 Å². The fourth-order valence-corrected chi connectivity index (χ4v) is 3.22. The lowest BCUT2D eigenvalue weighted by Gasteiger charge is -2.27. The van der Waals surface area contributed by atoms with Crippen LogP contribution in [0.1, 0.15) is 10.5 Å². The van der Waals surface area contributed by atoms with Crippen molar-refractivity contribution in [3.05, 3.63) is 54.2 Å². The third-order valence-electron chi connectivity index (χ3n) is 4.94. The highest BCUT2D eigenvalue weighted by Gasteiger charge is 2.18. The average molecular weight is 466 g/mol. The highest BCUT2D eigenvalue weighted by Crippen LogP contribution is 2.27. The number of carbonyl (C=O) groups is 1. The Kier molecular flexibility index (Phi) is 6.87. The smallest absolute Gasteiger partial charge is 0.314 e. The van der Waals surface area contributed by atoms with Crippen molar-refractivity contribution in [1.82, 2.24) is 15.0 Å². The largest absolute Gasteiger partial charge is 0.508 e. The predicted octanol–water partition coefficient (Wildman–Crippen LogP) is 3.29. The third kappa shape index (κ3) is 5.59. The van der Waals surface area contributed by atoms with Crippen molar-refractivity contribution >= 4 is 34.7 Å². The quantitative estimate of drug-likeness (QED) is 0.526. The zero-order valence-electron chi connectivity index (χ0n) is 18.6. The number of nitrogens with one attached hydrogen (secondary N) is 1. The number of morpholine rings is 1. The van der Waals surface area contributed by atoms with E-state index in [0.29, 0.717) is 37.7 Å². The van der Waals surface area contributed by atoms with Gasteiger partial charge in [0.25, 0.3) is 5.95 Å². The Bertz CT molecular complexity index is 1200. The van der Waals surface area contributed by atoms with Gasteiger partial charge in [0.1, 0.15) is 11.4 Å². The number of pyridine rings is 1. The molecule has 3 heterocycles. The van der Waals surface area contributed by atoms with Gasteiger partial charge in [-0.05, 0) is 18.2 Å². The van der Waals surface area contributed by atoms with E-state index in [0.717, 1.165) is 11.9 Å². The van der Waals surface area contributed by atoms with E-state index in [4.69, 9.17) is 4.74 Å². The Morgan fingerprint density at radius 3 is 2.65 bits per heavy atom. The minimum atomic E-state index is -0.695. The van der Waals surface area contributed by atoms with Crippen LogP contribution in [-0.2, 0) is 4.74 Å². The monoisotopic (exact) mass is 466 g/mol. The summed E-state index contributed by atoms with van der Waals surface area (Å²) in [6.45, 7) is 1.93. The van der Waals surface area contributed by atoms with Crippen LogP contribution in [0.5, 0.6) is 5.75 Å². The number of carbonyl (C=O) groups excluding carboxylic acids is 1. The van der Waals surface area contributed by atoms with Crippen molar-refractivity contribution in [2.24, 2.45) is 10.2 Å². The summed E-state index contributed by atoms with van der Waals surface area (Å²) >= 11 is 0. The van der Waals surface area contributed by atoms with Gasteiger partial charge in [-0.25, -0.2) is 14.4 Å². The molecule has 0 saturated carbocycles. The number of aromatic nitrogens is 3. The van der Waals surface area contributed by atoms with Crippen LogP contribution in [0.15, 0.2) is 53.0 Å². The number of phenols is 1. The molecular weight excluding hydrogens is 443 g/mol. The molecule has 1 aliphatic rings. The Balaban J connectivity index is 1.43. The molecule has 0 unspecified atom stereocenters. The normalized spacial score (nSPS) is 13.8. The second kappa shape index (κ2) is 10.2. The number of nitrogens with zero attached hydrogens (tertiary/aromatic N) is 7. The second-order valence-corrected chi connectivity index (χ2v) is 7.64.